The lowest BCUT2D eigenvalue weighted by molar-refractivity contribution is 0.0907. The van der Waals surface area contributed by atoms with Gasteiger partial charge in [0.2, 0.25) is 0 Å². The number of nitrogens with one attached hydrogen (secondary N) is 3. The first-order chi connectivity index (χ1) is 19.3. The molecule has 5 aromatic rings. The number of aromatic nitrogens is 6. The Morgan fingerprint density at radius 3 is 2.73 bits per heavy atom. The first-order valence-electron chi connectivity index (χ1n) is 13.2. The van der Waals surface area contributed by atoms with E-state index in [1.807, 2.05) is 46.0 Å². The molecule has 3 N–H and O–H groups in total. The van der Waals surface area contributed by atoms with Gasteiger partial charge in [-0.1, -0.05) is 49.4 Å². The third-order valence-electron chi connectivity index (χ3n) is 6.92. The average Bonchev–Trinajstić information content (AvgIpc) is 3.71. The number of H-pyrrole nitrogens is 1. The van der Waals surface area contributed by atoms with E-state index < -0.39 is 5.91 Å². The number of benzene rings is 1. The zero-order chi connectivity index (χ0) is 27.9. The molecular formula is C28H31N9O2S. The lowest BCUT2D eigenvalue weighted by atomic mass is 9.96. The molecule has 0 unspecified atom stereocenters. The lowest BCUT2D eigenvalue weighted by Crippen LogP contribution is -2.43. The van der Waals surface area contributed by atoms with Crippen LogP contribution in [-0.2, 0) is 12.0 Å². The first kappa shape index (κ1) is 26.1. The van der Waals surface area contributed by atoms with Gasteiger partial charge in [-0.25, -0.2) is 15.0 Å². The van der Waals surface area contributed by atoms with Crippen LogP contribution in [0, 0.1) is 6.92 Å². The average molecular weight is 558 g/mol. The molecule has 12 heteroatoms. The molecule has 0 aliphatic carbocycles. The van der Waals surface area contributed by atoms with Crippen LogP contribution < -0.4 is 15.5 Å². The van der Waals surface area contributed by atoms with Crippen LogP contribution in [0.5, 0.6) is 0 Å². The number of aromatic amines is 1. The molecule has 206 valence electrons. The van der Waals surface area contributed by atoms with Gasteiger partial charge >= 0.3 is 11.8 Å². The van der Waals surface area contributed by atoms with Crippen LogP contribution in [-0.4, -0.2) is 62.2 Å². The fourth-order valence-electron chi connectivity index (χ4n) is 4.61. The maximum atomic E-state index is 12.6. The molecule has 1 fully saturated rings. The van der Waals surface area contributed by atoms with Gasteiger partial charge in [0.05, 0.1) is 16.3 Å². The van der Waals surface area contributed by atoms with Gasteiger partial charge in [0.1, 0.15) is 12.0 Å². The highest BCUT2D eigenvalue weighted by Crippen LogP contribution is 2.35. The van der Waals surface area contributed by atoms with Crippen LogP contribution in [0.2, 0.25) is 0 Å². The van der Waals surface area contributed by atoms with E-state index in [1.165, 1.54) is 0 Å². The zero-order valence-corrected chi connectivity index (χ0v) is 23.7. The van der Waals surface area contributed by atoms with Crippen molar-refractivity contribution in [1.29, 1.82) is 0 Å². The Kier molecular flexibility index (Phi) is 6.80. The van der Waals surface area contributed by atoms with Crippen LogP contribution in [0.4, 0.5) is 5.13 Å². The molecule has 0 atom stereocenters. The normalized spacial score (nSPS) is 14.2. The van der Waals surface area contributed by atoms with Crippen molar-refractivity contribution in [2.45, 2.75) is 39.7 Å². The van der Waals surface area contributed by atoms with E-state index in [0.717, 1.165) is 75.3 Å². The maximum absolute atomic E-state index is 12.6. The molecule has 5 heterocycles. The quantitative estimate of drug-likeness (QED) is 0.282. The number of aryl methyl sites for hydroxylation is 1. The number of rotatable bonds is 6. The van der Waals surface area contributed by atoms with E-state index in [0.29, 0.717) is 12.4 Å². The molecule has 40 heavy (non-hydrogen) atoms. The van der Waals surface area contributed by atoms with Crippen molar-refractivity contribution in [3.63, 3.8) is 0 Å². The number of amides is 1. The van der Waals surface area contributed by atoms with Crippen molar-refractivity contribution in [2.75, 3.05) is 31.1 Å². The van der Waals surface area contributed by atoms with E-state index in [-0.39, 0.29) is 11.3 Å². The summed E-state index contributed by atoms with van der Waals surface area (Å²) in [5, 5.41) is 12.2. The lowest BCUT2D eigenvalue weighted by Gasteiger charge is -2.26. The van der Waals surface area contributed by atoms with Gasteiger partial charge in [0.25, 0.3) is 0 Å². The number of nitrogens with zero attached hydrogens (tertiary/aromatic N) is 6. The summed E-state index contributed by atoms with van der Waals surface area (Å²) < 4.78 is 5.16. The van der Waals surface area contributed by atoms with E-state index in [1.54, 1.807) is 17.7 Å². The van der Waals surface area contributed by atoms with Crippen molar-refractivity contribution in [2.24, 2.45) is 0 Å². The summed E-state index contributed by atoms with van der Waals surface area (Å²) in [6, 6.07) is 8.20. The van der Waals surface area contributed by atoms with Gasteiger partial charge in [0.15, 0.2) is 11.0 Å². The summed E-state index contributed by atoms with van der Waals surface area (Å²) in [6.45, 7) is 12.1. The molecule has 1 amide bonds. The molecular weight excluding hydrogens is 526 g/mol. The van der Waals surface area contributed by atoms with E-state index in [9.17, 15) is 4.79 Å². The number of carbonyl (C=O) groups excluding carboxylic acids is 1. The maximum Gasteiger partial charge on any atom is 0.315 e. The van der Waals surface area contributed by atoms with E-state index >= 15 is 0 Å². The second-order valence-electron chi connectivity index (χ2n) is 10.9. The Bertz CT molecular complexity index is 1670. The summed E-state index contributed by atoms with van der Waals surface area (Å²) in [5.74, 6) is 0.0662. The highest BCUT2D eigenvalue weighted by molar-refractivity contribution is 7.18. The Hall–Kier alpha value is -4.16. The van der Waals surface area contributed by atoms with Crippen molar-refractivity contribution in [3.05, 3.63) is 59.6 Å². The predicted octanol–water partition coefficient (Wildman–Crippen LogP) is 4.08. The van der Waals surface area contributed by atoms with Gasteiger partial charge in [-0.3, -0.25) is 4.79 Å². The van der Waals surface area contributed by atoms with Crippen LogP contribution in [0.15, 0.2) is 41.3 Å². The zero-order valence-electron chi connectivity index (χ0n) is 22.9. The number of piperazine rings is 1. The van der Waals surface area contributed by atoms with Crippen LogP contribution >= 0.6 is 11.3 Å². The van der Waals surface area contributed by atoms with Crippen molar-refractivity contribution < 1.29 is 9.32 Å². The topological polar surface area (TPSA) is 138 Å². The largest absolute Gasteiger partial charge is 0.346 e. The second kappa shape index (κ2) is 10.4. The molecule has 1 aromatic carbocycles. The minimum Gasteiger partial charge on any atom is -0.346 e. The summed E-state index contributed by atoms with van der Waals surface area (Å²) in [6.07, 6.45) is 3.50. The fraction of sp³-hybridized carbons (Fsp3) is 0.357. The van der Waals surface area contributed by atoms with Gasteiger partial charge in [-0.2, -0.15) is 4.98 Å². The Morgan fingerprint density at radius 1 is 1.15 bits per heavy atom. The Morgan fingerprint density at radius 2 is 1.98 bits per heavy atom. The highest BCUT2D eigenvalue weighted by Gasteiger charge is 2.24. The first-order valence-corrected chi connectivity index (χ1v) is 14.1. The van der Waals surface area contributed by atoms with Crippen molar-refractivity contribution in [1.82, 2.24) is 40.7 Å². The molecule has 0 saturated carbocycles. The molecule has 6 rings (SSSR count). The monoisotopic (exact) mass is 557 g/mol. The number of fused-ring (bicyclic) bond motifs is 1. The fourth-order valence-corrected chi connectivity index (χ4v) is 5.55. The highest BCUT2D eigenvalue weighted by atomic mass is 32.1. The number of hydrogen-bond donors (Lipinski definition) is 3. The van der Waals surface area contributed by atoms with Gasteiger partial charge in [-0.15, -0.1) is 0 Å². The van der Waals surface area contributed by atoms with Gasteiger partial charge < -0.3 is 25.0 Å². The summed E-state index contributed by atoms with van der Waals surface area (Å²) in [7, 11) is 0. The molecule has 4 aromatic heterocycles. The summed E-state index contributed by atoms with van der Waals surface area (Å²) >= 11 is 1.68. The van der Waals surface area contributed by atoms with Crippen LogP contribution in [0.25, 0.3) is 32.9 Å². The number of hydrogen-bond acceptors (Lipinski definition) is 10. The smallest absolute Gasteiger partial charge is 0.315 e. The second-order valence-corrected chi connectivity index (χ2v) is 11.9. The number of thiazole rings is 1. The van der Waals surface area contributed by atoms with Crippen LogP contribution in [0.3, 0.4) is 0 Å². The molecule has 1 aliphatic rings. The molecule has 1 aliphatic heterocycles. The Balaban J connectivity index is 1.20. The minimum absolute atomic E-state index is 0.0353. The van der Waals surface area contributed by atoms with Crippen molar-refractivity contribution >= 4 is 33.4 Å². The third kappa shape index (κ3) is 5.19. The van der Waals surface area contributed by atoms with Gasteiger partial charge in [-0.05, 0) is 30.2 Å². The molecule has 1 saturated heterocycles. The predicted molar refractivity (Wildman–Crippen MR) is 154 cm³/mol. The molecule has 11 nitrogen and oxygen atoms in total. The minimum atomic E-state index is -0.396. The molecule has 0 spiro atoms. The van der Waals surface area contributed by atoms with Gasteiger partial charge in [0, 0.05) is 55.3 Å². The third-order valence-corrected chi connectivity index (χ3v) is 8.01. The Labute approximate surface area is 235 Å². The molecule has 0 radical (unpaired) electrons. The summed E-state index contributed by atoms with van der Waals surface area (Å²) in [4.78, 5) is 37.4. The number of anilines is 1. The summed E-state index contributed by atoms with van der Waals surface area (Å²) in [5.41, 5.74) is 5.29. The number of carbonyl (C=O) groups is 1. The van der Waals surface area contributed by atoms with Crippen molar-refractivity contribution in [3.8, 4) is 21.8 Å². The van der Waals surface area contributed by atoms with E-state index in [4.69, 9.17) is 4.52 Å². The SMILES string of the molecule is Cc1cc(-c2ncnc3[nH]c(-c4cnc(N5CCNCC5)s4)cc23)ccc1CNC(=O)c1nc(C(C)(C)C)no1. The van der Waals surface area contributed by atoms with Crippen LogP contribution in [0.1, 0.15) is 48.4 Å². The standard InChI is InChI=1S/C28H31N9O2S/c1-16-11-17(5-6-18(16)13-30-24(38)25-35-26(36-39-25)28(2,3)4)22-19-12-20(34-23(19)33-15-32-22)21-14-31-27(40-21)37-9-7-29-8-10-37/h5-6,11-12,14-15,29H,7-10,13H2,1-4H3,(H,30,38)(H,32,33,34). The molecule has 0 bridgehead atoms. The van der Waals surface area contributed by atoms with E-state index in [2.05, 4.69) is 57.7 Å².